The first-order valence-electron chi connectivity index (χ1n) is 13.7. The number of carbonyl (C=O) groups is 1. The number of rotatable bonds is 5. The summed E-state index contributed by atoms with van der Waals surface area (Å²) in [5, 5.41) is 13.4. The Bertz CT molecular complexity index is 979. The summed E-state index contributed by atoms with van der Waals surface area (Å²) in [5.74, 6) is -0.771. The molecule has 0 aromatic carbocycles. The van der Waals surface area contributed by atoms with Gasteiger partial charge in [-0.1, -0.05) is 13.8 Å². The number of likely N-dealkylation sites (N-methyl/N-ethyl adjacent to an activating group) is 1. The van der Waals surface area contributed by atoms with E-state index in [2.05, 4.69) is 18.7 Å². The lowest BCUT2D eigenvalue weighted by molar-refractivity contribution is -0.332. The number of esters is 1. The molecule has 9 heteroatoms. The van der Waals surface area contributed by atoms with Crippen LogP contribution in [0.25, 0.3) is 0 Å². The highest BCUT2D eigenvalue weighted by atomic mass is 16.7. The van der Waals surface area contributed by atoms with E-state index in [-0.39, 0.29) is 60.3 Å². The van der Waals surface area contributed by atoms with Crippen LogP contribution in [0.5, 0.6) is 0 Å². The Morgan fingerprint density at radius 2 is 1.89 bits per heavy atom. The lowest BCUT2D eigenvalue weighted by Gasteiger charge is -2.71. The van der Waals surface area contributed by atoms with Crippen molar-refractivity contribution in [3.8, 4) is 0 Å². The molecule has 5 saturated carbocycles. The SMILES string of the molecule is CCN1C[C@@]2(C)CC[C@@H](OC)[C@]34C1[C@]1(OCO[C@]15C[C@@H](OC)[C@@H]1C[C@@]3(O)[C@H]5[C@@H]1OC)[C@H](OC(C)=O)[C@@H]24. The summed E-state index contributed by atoms with van der Waals surface area (Å²) < 4.78 is 38.7. The van der Waals surface area contributed by atoms with Crippen molar-refractivity contribution < 1.29 is 38.3 Å². The number of piperidine rings is 1. The third-order valence-corrected chi connectivity index (χ3v) is 12.2. The molecule has 7 fully saturated rings. The number of carbonyl (C=O) groups excluding carboxylic acids is 1. The Hall–Kier alpha value is -0.810. The molecule has 7 rings (SSSR count). The molecule has 1 unspecified atom stereocenters. The quantitative estimate of drug-likeness (QED) is 0.553. The van der Waals surface area contributed by atoms with Crippen LogP contribution in [0, 0.1) is 28.6 Å². The molecule has 2 heterocycles. The fourth-order valence-corrected chi connectivity index (χ4v) is 11.7. The fraction of sp³-hybridized carbons (Fsp3) is 0.963. The molecule has 202 valence electrons. The topological polar surface area (TPSA) is 95.9 Å². The molecule has 0 aromatic rings. The van der Waals surface area contributed by atoms with Crippen molar-refractivity contribution in [1.82, 2.24) is 4.90 Å². The second-order valence-electron chi connectivity index (χ2n) is 12.9. The number of likely N-dealkylation sites (tertiary alicyclic amines) is 1. The average Bonchev–Trinajstić information content (AvgIpc) is 3.40. The van der Waals surface area contributed by atoms with Gasteiger partial charge >= 0.3 is 5.97 Å². The second kappa shape index (κ2) is 7.23. The van der Waals surface area contributed by atoms with Crippen LogP contribution in [-0.4, -0.2) is 104 Å². The highest BCUT2D eigenvalue weighted by Crippen LogP contribution is 2.83. The van der Waals surface area contributed by atoms with Gasteiger partial charge in [0.2, 0.25) is 0 Å². The Balaban J connectivity index is 1.61. The number of ether oxygens (including phenoxy) is 6. The van der Waals surface area contributed by atoms with E-state index in [0.717, 1.165) is 25.9 Å². The van der Waals surface area contributed by atoms with Gasteiger partial charge in [0.05, 0.1) is 35.4 Å². The third-order valence-electron chi connectivity index (χ3n) is 12.2. The number of methoxy groups -OCH3 is 3. The minimum absolute atomic E-state index is 0.0317. The van der Waals surface area contributed by atoms with Crippen LogP contribution in [-0.2, 0) is 33.2 Å². The molecule has 0 amide bonds. The number of nitrogens with zero attached hydrogens (tertiary/aromatic N) is 1. The predicted octanol–water partition coefficient (Wildman–Crippen LogP) is 1.35. The van der Waals surface area contributed by atoms with Gasteiger partial charge in [0.15, 0.2) is 5.60 Å². The first kappa shape index (κ1) is 24.2. The standard InChI is InChI=1S/C27H41NO8/c1-7-28-12-23(3)9-8-17(32-5)26-20(23)21(36-14(2)29)27(22(26)28)25(34-13-35-27)11-16(31-4)15-10-24(26,30)19(25)18(15)33-6/h15-22,30H,7-13H2,1-6H3/t15-,16+,17+,18+,19+,20-,21+,22?,23+,24+,25-,26-,27+/m0/s1. The number of hydrogen-bond donors (Lipinski definition) is 1. The van der Waals surface area contributed by atoms with E-state index in [0.29, 0.717) is 12.8 Å². The van der Waals surface area contributed by atoms with Crippen LogP contribution in [0.15, 0.2) is 0 Å². The minimum Gasteiger partial charge on any atom is -0.459 e. The van der Waals surface area contributed by atoms with Gasteiger partial charge in [0.1, 0.15) is 18.5 Å². The average molecular weight is 508 g/mol. The lowest BCUT2D eigenvalue weighted by Crippen LogP contribution is -2.85. The van der Waals surface area contributed by atoms with Crippen molar-refractivity contribution in [2.45, 2.75) is 93.7 Å². The molecule has 7 bridgehead atoms. The molecule has 3 spiro atoms. The van der Waals surface area contributed by atoms with Gasteiger partial charge in [-0.3, -0.25) is 9.69 Å². The van der Waals surface area contributed by atoms with Gasteiger partial charge in [-0.15, -0.1) is 0 Å². The number of hydrogen-bond acceptors (Lipinski definition) is 9. The summed E-state index contributed by atoms with van der Waals surface area (Å²) in [4.78, 5) is 15.3. The zero-order chi connectivity index (χ0) is 25.5. The zero-order valence-electron chi connectivity index (χ0n) is 22.3. The van der Waals surface area contributed by atoms with E-state index < -0.39 is 28.3 Å². The smallest absolute Gasteiger partial charge is 0.303 e. The molecule has 5 aliphatic carbocycles. The van der Waals surface area contributed by atoms with Crippen LogP contribution < -0.4 is 0 Å². The van der Waals surface area contributed by atoms with E-state index >= 15 is 0 Å². The molecular weight excluding hydrogens is 466 g/mol. The molecule has 13 atom stereocenters. The van der Waals surface area contributed by atoms with Crippen molar-refractivity contribution in [2.75, 3.05) is 41.2 Å². The lowest BCUT2D eigenvalue weighted by atomic mass is 9.41. The van der Waals surface area contributed by atoms with Crippen molar-refractivity contribution in [3.05, 3.63) is 0 Å². The maximum absolute atomic E-state index is 13.4. The van der Waals surface area contributed by atoms with Gasteiger partial charge in [-0.05, 0) is 31.2 Å². The maximum atomic E-state index is 13.4. The van der Waals surface area contributed by atoms with Gasteiger partial charge in [0, 0.05) is 59.0 Å². The number of aliphatic hydroxyl groups is 1. The fourth-order valence-electron chi connectivity index (χ4n) is 11.7. The summed E-state index contributed by atoms with van der Waals surface area (Å²) in [6, 6.07) is -0.224. The van der Waals surface area contributed by atoms with Crippen LogP contribution in [0.1, 0.15) is 46.5 Å². The van der Waals surface area contributed by atoms with Crippen molar-refractivity contribution in [2.24, 2.45) is 28.6 Å². The molecule has 9 nitrogen and oxygen atoms in total. The molecule has 0 aromatic heterocycles. The van der Waals surface area contributed by atoms with Gasteiger partial charge in [-0.25, -0.2) is 0 Å². The molecule has 2 saturated heterocycles. The first-order chi connectivity index (χ1) is 17.2. The van der Waals surface area contributed by atoms with E-state index in [1.165, 1.54) is 6.92 Å². The Labute approximate surface area is 213 Å². The van der Waals surface area contributed by atoms with Crippen molar-refractivity contribution in [3.63, 3.8) is 0 Å². The van der Waals surface area contributed by atoms with E-state index in [4.69, 9.17) is 28.4 Å². The second-order valence-corrected chi connectivity index (χ2v) is 12.9. The van der Waals surface area contributed by atoms with Crippen molar-refractivity contribution in [1.29, 1.82) is 0 Å². The maximum Gasteiger partial charge on any atom is 0.303 e. The van der Waals surface area contributed by atoms with Crippen LogP contribution >= 0.6 is 0 Å². The third kappa shape index (κ3) is 2.16. The largest absolute Gasteiger partial charge is 0.459 e. The summed E-state index contributed by atoms with van der Waals surface area (Å²) in [6.07, 6.45) is 1.69. The van der Waals surface area contributed by atoms with Gasteiger partial charge < -0.3 is 33.5 Å². The summed E-state index contributed by atoms with van der Waals surface area (Å²) in [5.41, 5.74) is -3.94. The highest BCUT2D eigenvalue weighted by Gasteiger charge is 2.97. The molecule has 1 N–H and O–H groups in total. The monoisotopic (exact) mass is 507 g/mol. The molecule has 36 heavy (non-hydrogen) atoms. The van der Waals surface area contributed by atoms with E-state index in [1.807, 2.05) is 0 Å². The van der Waals surface area contributed by atoms with Gasteiger partial charge in [0.25, 0.3) is 0 Å². The Morgan fingerprint density at radius 3 is 2.53 bits per heavy atom. The minimum atomic E-state index is -1.16. The summed E-state index contributed by atoms with van der Waals surface area (Å²) >= 11 is 0. The summed E-state index contributed by atoms with van der Waals surface area (Å²) in [7, 11) is 5.23. The van der Waals surface area contributed by atoms with Gasteiger partial charge in [-0.2, -0.15) is 0 Å². The Morgan fingerprint density at radius 1 is 1.11 bits per heavy atom. The molecule has 2 aliphatic heterocycles. The van der Waals surface area contributed by atoms with E-state index in [1.54, 1.807) is 21.3 Å². The highest BCUT2D eigenvalue weighted by molar-refractivity contribution is 5.67. The molecule has 7 aliphatic rings. The first-order valence-corrected chi connectivity index (χ1v) is 13.7. The van der Waals surface area contributed by atoms with Crippen LogP contribution in [0.4, 0.5) is 0 Å². The number of fused-ring (bicyclic) bond motifs is 1. The predicted molar refractivity (Wildman–Crippen MR) is 126 cm³/mol. The normalized spacial score (nSPS) is 60.2. The van der Waals surface area contributed by atoms with E-state index in [9.17, 15) is 9.90 Å². The molecule has 0 radical (unpaired) electrons. The Kier molecular flexibility index (Phi) is 4.87. The van der Waals surface area contributed by atoms with Crippen LogP contribution in [0.3, 0.4) is 0 Å². The summed E-state index contributed by atoms with van der Waals surface area (Å²) in [6.45, 7) is 7.72. The van der Waals surface area contributed by atoms with Crippen LogP contribution in [0.2, 0.25) is 0 Å². The zero-order valence-corrected chi connectivity index (χ0v) is 22.3. The van der Waals surface area contributed by atoms with Crippen molar-refractivity contribution >= 4 is 5.97 Å². The molecular formula is C27H41NO8.